The van der Waals surface area contributed by atoms with Gasteiger partial charge in [0.15, 0.2) is 5.03 Å². The van der Waals surface area contributed by atoms with Gasteiger partial charge in [0, 0.05) is 10.2 Å². The molecule has 0 radical (unpaired) electrons. The Labute approximate surface area is 131 Å². The number of nitrogens with zero attached hydrogens (tertiary/aromatic N) is 1. The van der Waals surface area contributed by atoms with E-state index >= 15 is 0 Å². The monoisotopic (exact) mass is 370 g/mol. The van der Waals surface area contributed by atoms with Crippen LogP contribution in [-0.4, -0.2) is 26.3 Å². The van der Waals surface area contributed by atoms with Crippen molar-refractivity contribution in [2.24, 2.45) is 0 Å². The molecule has 3 N–H and O–H groups in total. The molecule has 1 amide bonds. The number of anilines is 1. The zero-order chi connectivity index (χ0) is 15.4. The van der Waals surface area contributed by atoms with Crippen molar-refractivity contribution < 1.29 is 4.79 Å². The van der Waals surface area contributed by atoms with Gasteiger partial charge in [-0.3, -0.25) is 14.6 Å². The Hall–Kier alpha value is -1.87. The van der Waals surface area contributed by atoms with E-state index in [1.807, 2.05) is 6.07 Å². The highest BCUT2D eigenvalue weighted by atomic mass is 79.9. The van der Waals surface area contributed by atoms with Crippen LogP contribution >= 0.6 is 27.7 Å². The topological polar surface area (TPSA) is 108 Å². The number of halogens is 1. The Kier molecular flexibility index (Phi) is 4.97. The molecule has 1 atom stereocenters. The van der Waals surface area contributed by atoms with E-state index in [0.717, 1.165) is 16.2 Å². The molecule has 0 aliphatic carbocycles. The lowest BCUT2D eigenvalue weighted by molar-refractivity contribution is -0.115. The summed E-state index contributed by atoms with van der Waals surface area (Å²) < 4.78 is 0.847. The molecule has 110 valence electrons. The summed E-state index contributed by atoms with van der Waals surface area (Å²) in [5, 5.41) is 7.95. The number of benzene rings is 1. The molecule has 0 bridgehead atoms. The van der Waals surface area contributed by atoms with Crippen molar-refractivity contribution in [2.45, 2.75) is 17.2 Å². The summed E-state index contributed by atoms with van der Waals surface area (Å²) >= 11 is 4.28. The van der Waals surface area contributed by atoms with Crippen LogP contribution in [0, 0.1) is 0 Å². The zero-order valence-electron chi connectivity index (χ0n) is 10.8. The molecule has 0 aliphatic rings. The van der Waals surface area contributed by atoms with Gasteiger partial charge in [-0.05, 0) is 25.1 Å². The first-order valence-electron chi connectivity index (χ1n) is 5.88. The predicted octanol–water partition coefficient (Wildman–Crippen LogP) is 1.34. The molecule has 21 heavy (non-hydrogen) atoms. The van der Waals surface area contributed by atoms with Gasteiger partial charge in [0.2, 0.25) is 5.91 Å². The van der Waals surface area contributed by atoms with Crippen molar-refractivity contribution in [1.82, 2.24) is 15.2 Å². The van der Waals surface area contributed by atoms with Gasteiger partial charge in [-0.2, -0.15) is 5.10 Å². The molecule has 7 nitrogen and oxygen atoms in total. The smallest absolute Gasteiger partial charge is 0.325 e. The normalized spacial score (nSPS) is 11.9. The van der Waals surface area contributed by atoms with E-state index in [1.165, 1.54) is 0 Å². The van der Waals surface area contributed by atoms with E-state index in [1.54, 1.807) is 25.1 Å². The Morgan fingerprint density at radius 3 is 2.86 bits per heavy atom. The molecule has 0 aliphatic heterocycles. The van der Waals surface area contributed by atoms with E-state index in [4.69, 9.17) is 0 Å². The first-order chi connectivity index (χ1) is 9.95. The third-order valence-corrected chi connectivity index (χ3v) is 3.99. The van der Waals surface area contributed by atoms with E-state index in [9.17, 15) is 14.4 Å². The van der Waals surface area contributed by atoms with Gasteiger partial charge in [0.25, 0.3) is 5.56 Å². The number of H-pyrrole nitrogens is 2. The molecule has 1 aromatic heterocycles. The summed E-state index contributed by atoms with van der Waals surface area (Å²) in [6.45, 7) is 1.64. The maximum atomic E-state index is 12.0. The van der Waals surface area contributed by atoms with Gasteiger partial charge >= 0.3 is 5.69 Å². The number of hydrogen-bond donors (Lipinski definition) is 3. The minimum absolute atomic E-state index is 0.0338. The van der Waals surface area contributed by atoms with E-state index in [2.05, 4.69) is 36.4 Å². The van der Waals surface area contributed by atoms with Crippen LogP contribution in [0.4, 0.5) is 5.69 Å². The van der Waals surface area contributed by atoms with Crippen molar-refractivity contribution in [3.05, 3.63) is 49.6 Å². The molecule has 0 saturated carbocycles. The fourth-order valence-corrected chi connectivity index (χ4v) is 2.60. The van der Waals surface area contributed by atoms with Crippen LogP contribution in [0.3, 0.4) is 0 Å². The molecular weight excluding hydrogens is 360 g/mol. The summed E-state index contributed by atoms with van der Waals surface area (Å²) in [5.41, 5.74) is -0.661. The quantitative estimate of drug-likeness (QED) is 0.703. The molecular formula is C12H11BrN4O3S. The van der Waals surface area contributed by atoms with Gasteiger partial charge in [-0.1, -0.05) is 33.8 Å². The van der Waals surface area contributed by atoms with Crippen molar-refractivity contribution in [3.8, 4) is 0 Å². The summed E-state index contributed by atoms with van der Waals surface area (Å²) in [7, 11) is 0. The van der Waals surface area contributed by atoms with Crippen molar-refractivity contribution in [1.29, 1.82) is 0 Å². The Morgan fingerprint density at radius 1 is 1.43 bits per heavy atom. The average Bonchev–Trinajstić information content (AvgIpc) is 2.41. The minimum Gasteiger partial charge on any atom is -0.325 e. The van der Waals surface area contributed by atoms with Crippen LogP contribution in [0.15, 0.2) is 43.4 Å². The third kappa shape index (κ3) is 4.30. The van der Waals surface area contributed by atoms with Crippen LogP contribution in [-0.2, 0) is 4.79 Å². The number of carbonyl (C=O) groups is 1. The van der Waals surface area contributed by atoms with Gasteiger partial charge in [0.05, 0.1) is 5.25 Å². The van der Waals surface area contributed by atoms with Gasteiger partial charge in [-0.15, -0.1) is 0 Å². The number of thioether (sulfide) groups is 1. The summed E-state index contributed by atoms with van der Waals surface area (Å²) in [6.07, 6.45) is 0. The first kappa shape index (κ1) is 15.5. The Balaban J connectivity index is 2.06. The second kappa shape index (κ2) is 6.72. The fraction of sp³-hybridized carbons (Fsp3) is 0.167. The lowest BCUT2D eigenvalue weighted by atomic mass is 10.3. The maximum Gasteiger partial charge on any atom is 0.342 e. The second-order valence-corrected chi connectivity index (χ2v) is 6.32. The number of hydrogen-bond acceptors (Lipinski definition) is 5. The maximum absolute atomic E-state index is 12.0. The van der Waals surface area contributed by atoms with Crippen molar-refractivity contribution in [2.75, 3.05) is 5.32 Å². The molecule has 0 saturated heterocycles. The lowest BCUT2D eigenvalue weighted by Gasteiger charge is -2.11. The number of aromatic amines is 2. The number of aromatic nitrogens is 3. The lowest BCUT2D eigenvalue weighted by Crippen LogP contribution is -2.28. The molecule has 2 aromatic rings. The van der Waals surface area contributed by atoms with Crippen LogP contribution in [0.2, 0.25) is 0 Å². The van der Waals surface area contributed by atoms with E-state index in [-0.39, 0.29) is 10.9 Å². The van der Waals surface area contributed by atoms with Crippen LogP contribution in [0.25, 0.3) is 0 Å². The summed E-state index contributed by atoms with van der Waals surface area (Å²) in [6, 6.07) is 7.16. The zero-order valence-corrected chi connectivity index (χ0v) is 13.2. The largest absolute Gasteiger partial charge is 0.342 e. The highest BCUT2D eigenvalue weighted by molar-refractivity contribution is 9.10. The molecule has 1 aromatic carbocycles. The Bertz CT molecular complexity index is 773. The van der Waals surface area contributed by atoms with Crippen molar-refractivity contribution in [3.63, 3.8) is 0 Å². The van der Waals surface area contributed by atoms with E-state index < -0.39 is 16.5 Å². The van der Waals surface area contributed by atoms with Crippen LogP contribution in [0.1, 0.15) is 6.92 Å². The third-order valence-electron chi connectivity index (χ3n) is 2.43. The van der Waals surface area contributed by atoms with Gasteiger partial charge < -0.3 is 5.32 Å². The number of amides is 1. The molecule has 0 spiro atoms. The molecule has 1 unspecified atom stereocenters. The highest BCUT2D eigenvalue weighted by Crippen LogP contribution is 2.20. The van der Waals surface area contributed by atoms with Crippen LogP contribution < -0.4 is 16.6 Å². The van der Waals surface area contributed by atoms with Gasteiger partial charge in [0.1, 0.15) is 0 Å². The first-order valence-corrected chi connectivity index (χ1v) is 7.55. The minimum atomic E-state index is -0.685. The molecule has 9 heteroatoms. The summed E-state index contributed by atoms with van der Waals surface area (Å²) in [4.78, 5) is 36.5. The molecule has 0 fully saturated rings. The Morgan fingerprint density at radius 2 is 2.19 bits per heavy atom. The standard InChI is InChI=1S/C12H11BrN4O3S/c1-6(21-11-10(19)15-12(20)17-16-11)9(18)14-8-4-2-3-7(13)5-8/h2-6H,1H3,(H,14,18)(H2,15,17,19,20). The number of nitrogens with one attached hydrogen (secondary N) is 3. The number of carbonyl (C=O) groups excluding carboxylic acids is 1. The van der Waals surface area contributed by atoms with Crippen molar-refractivity contribution >= 4 is 39.3 Å². The summed E-state index contributed by atoms with van der Waals surface area (Å²) in [5.74, 6) is -0.273. The number of rotatable bonds is 4. The predicted molar refractivity (Wildman–Crippen MR) is 83.6 cm³/mol. The second-order valence-electron chi connectivity index (χ2n) is 4.07. The van der Waals surface area contributed by atoms with Gasteiger partial charge in [-0.25, -0.2) is 9.89 Å². The fourth-order valence-electron chi connectivity index (χ4n) is 1.45. The highest BCUT2D eigenvalue weighted by Gasteiger charge is 2.17. The molecule has 2 rings (SSSR count). The molecule has 1 heterocycles. The van der Waals surface area contributed by atoms with E-state index in [0.29, 0.717) is 5.69 Å². The average molecular weight is 371 g/mol. The SMILES string of the molecule is CC(Sc1n[nH]c(=O)[nH]c1=O)C(=O)Nc1cccc(Br)c1. The van der Waals surface area contributed by atoms with Crippen LogP contribution in [0.5, 0.6) is 0 Å².